The van der Waals surface area contributed by atoms with Gasteiger partial charge in [0.15, 0.2) is 5.82 Å². The zero-order valence-corrected chi connectivity index (χ0v) is 15.7. The molecule has 0 atom stereocenters. The summed E-state index contributed by atoms with van der Waals surface area (Å²) in [6.45, 7) is 6.00. The molecule has 3 aromatic rings. The van der Waals surface area contributed by atoms with E-state index in [4.69, 9.17) is 9.26 Å². The van der Waals surface area contributed by atoms with Crippen LogP contribution < -0.4 is 10.1 Å². The minimum atomic E-state index is -0.105. The number of aromatic nitrogens is 2. The van der Waals surface area contributed by atoms with Crippen LogP contribution in [-0.2, 0) is 11.2 Å². The van der Waals surface area contributed by atoms with Gasteiger partial charge in [-0.2, -0.15) is 4.98 Å². The molecule has 0 radical (unpaired) electrons. The molecule has 0 unspecified atom stereocenters. The molecule has 0 aliphatic rings. The van der Waals surface area contributed by atoms with Crippen LogP contribution in [0.2, 0.25) is 0 Å². The molecule has 6 nitrogen and oxygen atoms in total. The molecular weight excluding hydrogens is 342 g/mol. The van der Waals surface area contributed by atoms with Gasteiger partial charge < -0.3 is 14.6 Å². The third-order valence-corrected chi connectivity index (χ3v) is 3.93. The summed E-state index contributed by atoms with van der Waals surface area (Å²) in [5, 5.41) is 6.75. The van der Waals surface area contributed by atoms with Crippen LogP contribution in [0.3, 0.4) is 0 Å². The molecule has 0 saturated carbocycles. The van der Waals surface area contributed by atoms with Crippen molar-refractivity contribution in [3.63, 3.8) is 0 Å². The number of amides is 1. The maximum atomic E-state index is 12.1. The topological polar surface area (TPSA) is 77.2 Å². The summed E-state index contributed by atoms with van der Waals surface area (Å²) in [6.07, 6.45) is 0.696. The van der Waals surface area contributed by atoms with E-state index in [1.807, 2.05) is 69.3 Å². The molecule has 0 bridgehead atoms. The van der Waals surface area contributed by atoms with Crippen LogP contribution in [0.15, 0.2) is 53.1 Å². The fourth-order valence-corrected chi connectivity index (χ4v) is 2.47. The van der Waals surface area contributed by atoms with Crippen molar-refractivity contribution in [2.24, 2.45) is 0 Å². The summed E-state index contributed by atoms with van der Waals surface area (Å²) < 4.78 is 11.0. The summed E-state index contributed by atoms with van der Waals surface area (Å²) in [5.74, 6) is 2.74. The number of hydrogen-bond acceptors (Lipinski definition) is 5. The van der Waals surface area contributed by atoms with Gasteiger partial charge in [0.1, 0.15) is 11.5 Å². The Kier molecular flexibility index (Phi) is 5.86. The van der Waals surface area contributed by atoms with E-state index in [-0.39, 0.29) is 18.2 Å². The minimum absolute atomic E-state index is 0.105. The lowest BCUT2D eigenvalue weighted by Crippen LogP contribution is -2.12. The molecular formula is C21H23N3O3. The number of anilines is 1. The summed E-state index contributed by atoms with van der Waals surface area (Å²) in [6, 6.07) is 15.1. The largest absolute Gasteiger partial charge is 0.457 e. The second-order valence-electron chi connectivity index (χ2n) is 6.69. The summed E-state index contributed by atoms with van der Waals surface area (Å²) in [7, 11) is 0. The van der Waals surface area contributed by atoms with Crippen LogP contribution >= 0.6 is 0 Å². The maximum Gasteiger partial charge on any atom is 0.227 e. The van der Waals surface area contributed by atoms with Crippen molar-refractivity contribution in [2.75, 3.05) is 5.32 Å². The number of carbonyl (C=O) groups excluding carboxylic acids is 1. The van der Waals surface area contributed by atoms with E-state index in [2.05, 4.69) is 15.5 Å². The molecule has 140 valence electrons. The van der Waals surface area contributed by atoms with E-state index in [1.165, 1.54) is 0 Å². The molecule has 1 amide bonds. The Morgan fingerprint density at radius 2 is 1.93 bits per heavy atom. The molecule has 6 heteroatoms. The summed E-state index contributed by atoms with van der Waals surface area (Å²) in [5.41, 5.74) is 1.85. The van der Waals surface area contributed by atoms with Gasteiger partial charge in [0.25, 0.3) is 0 Å². The predicted molar refractivity (Wildman–Crippen MR) is 103 cm³/mol. The van der Waals surface area contributed by atoms with Crippen molar-refractivity contribution in [1.82, 2.24) is 10.1 Å². The lowest BCUT2D eigenvalue weighted by Gasteiger charge is -2.08. The molecule has 0 fully saturated rings. The minimum Gasteiger partial charge on any atom is -0.457 e. The van der Waals surface area contributed by atoms with Gasteiger partial charge in [-0.15, -0.1) is 0 Å². The Bertz CT molecular complexity index is 901. The molecule has 0 aliphatic carbocycles. The highest BCUT2D eigenvalue weighted by Gasteiger charge is 2.11. The lowest BCUT2D eigenvalue weighted by molar-refractivity contribution is -0.116. The number of ether oxygens (including phenoxy) is 1. The monoisotopic (exact) mass is 365 g/mol. The Morgan fingerprint density at radius 3 is 2.59 bits per heavy atom. The van der Waals surface area contributed by atoms with E-state index in [0.29, 0.717) is 29.6 Å². The summed E-state index contributed by atoms with van der Waals surface area (Å²) >= 11 is 0. The first kappa shape index (κ1) is 18.6. The van der Waals surface area contributed by atoms with Crippen molar-refractivity contribution in [2.45, 2.75) is 39.5 Å². The van der Waals surface area contributed by atoms with Gasteiger partial charge >= 0.3 is 0 Å². The van der Waals surface area contributed by atoms with Crippen LogP contribution in [0.4, 0.5) is 5.69 Å². The molecule has 1 heterocycles. The second-order valence-corrected chi connectivity index (χ2v) is 6.69. The Balaban J connectivity index is 1.50. The first-order chi connectivity index (χ1) is 13.0. The fourth-order valence-electron chi connectivity index (χ4n) is 2.47. The van der Waals surface area contributed by atoms with E-state index in [0.717, 1.165) is 11.3 Å². The molecule has 1 aromatic heterocycles. The first-order valence-electron chi connectivity index (χ1n) is 8.96. The molecule has 0 saturated heterocycles. The van der Waals surface area contributed by atoms with E-state index < -0.39 is 0 Å². The highest BCUT2D eigenvalue weighted by atomic mass is 16.5. The third-order valence-electron chi connectivity index (χ3n) is 3.93. The molecule has 0 aliphatic heterocycles. The number of carbonyl (C=O) groups is 1. The quantitative estimate of drug-likeness (QED) is 0.647. The maximum absolute atomic E-state index is 12.1. The van der Waals surface area contributed by atoms with Crippen LogP contribution in [0.25, 0.3) is 0 Å². The Morgan fingerprint density at radius 1 is 1.15 bits per heavy atom. The third kappa shape index (κ3) is 5.41. The van der Waals surface area contributed by atoms with Crippen LogP contribution in [-0.4, -0.2) is 16.0 Å². The van der Waals surface area contributed by atoms with Crippen LogP contribution in [0.5, 0.6) is 11.5 Å². The number of benzene rings is 2. The van der Waals surface area contributed by atoms with E-state index in [1.54, 1.807) is 0 Å². The van der Waals surface area contributed by atoms with Gasteiger partial charge in [-0.1, -0.05) is 31.1 Å². The molecule has 0 spiro atoms. The predicted octanol–water partition coefficient (Wildman–Crippen LogP) is 4.87. The molecule has 2 aromatic carbocycles. The van der Waals surface area contributed by atoms with Gasteiger partial charge in [-0.05, 0) is 48.9 Å². The van der Waals surface area contributed by atoms with Gasteiger partial charge in [0.05, 0.1) is 0 Å². The fraction of sp³-hybridized carbons (Fsp3) is 0.286. The standard InChI is InChI=1S/C21H23N3O3/c1-14(2)21-23-20(27-24-21)12-11-19(25)22-16-7-9-17(10-8-16)26-18-6-4-5-15(3)13-18/h4-10,13-14H,11-12H2,1-3H3,(H,22,25). The normalized spacial score (nSPS) is 10.8. The Hall–Kier alpha value is -3.15. The van der Waals surface area contributed by atoms with Gasteiger partial charge in [-0.3, -0.25) is 4.79 Å². The smallest absolute Gasteiger partial charge is 0.227 e. The van der Waals surface area contributed by atoms with Crippen molar-refractivity contribution in [3.05, 3.63) is 65.8 Å². The van der Waals surface area contributed by atoms with E-state index >= 15 is 0 Å². The zero-order valence-electron chi connectivity index (χ0n) is 15.7. The van der Waals surface area contributed by atoms with Crippen molar-refractivity contribution in [3.8, 4) is 11.5 Å². The SMILES string of the molecule is Cc1cccc(Oc2ccc(NC(=O)CCc3nc(C(C)C)no3)cc2)c1. The lowest BCUT2D eigenvalue weighted by atomic mass is 10.2. The van der Waals surface area contributed by atoms with E-state index in [9.17, 15) is 4.79 Å². The van der Waals surface area contributed by atoms with Crippen molar-refractivity contribution < 1.29 is 14.1 Å². The molecule has 3 rings (SSSR count). The Labute approximate surface area is 158 Å². The number of hydrogen-bond donors (Lipinski definition) is 1. The highest BCUT2D eigenvalue weighted by Crippen LogP contribution is 2.23. The van der Waals surface area contributed by atoms with Gasteiger partial charge in [-0.25, -0.2) is 0 Å². The average molecular weight is 365 g/mol. The highest BCUT2D eigenvalue weighted by molar-refractivity contribution is 5.90. The van der Waals surface area contributed by atoms with Gasteiger partial charge in [0.2, 0.25) is 11.8 Å². The van der Waals surface area contributed by atoms with Crippen molar-refractivity contribution in [1.29, 1.82) is 0 Å². The second kappa shape index (κ2) is 8.49. The molecule has 27 heavy (non-hydrogen) atoms. The number of rotatable bonds is 7. The zero-order chi connectivity index (χ0) is 19.2. The van der Waals surface area contributed by atoms with Crippen LogP contribution in [0, 0.1) is 6.92 Å². The molecule has 1 N–H and O–H groups in total. The van der Waals surface area contributed by atoms with Gasteiger partial charge in [0, 0.05) is 24.4 Å². The number of nitrogens with zero attached hydrogens (tertiary/aromatic N) is 2. The van der Waals surface area contributed by atoms with Crippen molar-refractivity contribution >= 4 is 11.6 Å². The number of aryl methyl sites for hydroxylation is 2. The van der Waals surface area contributed by atoms with Crippen LogP contribution in [0.1, 0.15) is 43.5 Å². The average Bonchev–Trinajstić information content (AvgIpc) is 3.11. The first-order valence-corrected chi connectivity index (χ1v) is 8.96. The summed E-state index contributed by atoms with van der Waals surface area (Å²) in [4.78, 5) is 16.4. The number of nitrogens with one attached hydrogen (secondary N) is 1.